The van der Waals surface area contributed by atoms with Gasteiger partial charge in [0, 0.05) is 13.0 Å². The highest BCUT2D eigenvalue weighted by Gasteiger charge is 2.18. The minimum atomic E-state index is -0.0901. The molecule has 1 N–H and O–H groups in total. The highest BCUT2D eigenvalue weighted by molar-refractivity contribution is 5.69. The number of likely N-dealkylation sites (tertiary alicyclic amines) is 1. The van der Waals surface area contributed by atoms with E-state index >= 15 is 0 Å². The second-order valence-corrected chi connectivity index (χ2v) is 4.38. The first kappa shape index (κ1) is 13.5. The van der Waals surface area contributed by atoms with Gasteiger partial charge in [-0.05, 0) is 51.7 Å². The van der Waals surface area contributed by atoms with Crippen LogP contribution in [-0.2, 0) is 9.53 Å². The molecule has 0 unspecified atom stereocenters. The van der Waals surface area contributed by atoms with Crippen LogP contribution < -0.4 is 0 Å². The van der Waals surface area contributed by atoms with Crippen LogP contribution >= 0.6 is 0 Å². The summed E-state index contributed by atoms with van der Waals surface area (Å²) >= 11 is 0. The lowest BCUT2D eigenvalue weighted by molar-refractivity contribution is -0.143. The maximum Gasteiger partial charge on any atom is 0.305 e. The molecule has 0 saturated carbocycles. The molecular weight excluding hydrogens is 206 g/mol. The zero-order chi connectivity index (χ0) is 11.8. The lowest BCUT2D eigenvalue weighted by Crippen LogP contribution is -2.35. The standard InChI is InChI=1S/C12H23NO3/c1-2-16-12(15)4-3-7-13-8-5-11(10-14)6-9-13/h11,14H,2-10H2,1H3. The van der Waals surface area contributed by atoms with E-state index in [2.05, 4.69) is 4.90 Å². The topological polar surface area (TPSA) is 49.8 Å². The first-order chi connectivity index (χ1) is 7.76. The Labute approximate surface area is 97.6 Å². The number of rotatable bonds is 6. The number of hydrogen-bond acceptors (Lipinski definition) is 4. The molecular formula is C12H23NO3. The predicted octanol–water partition coefficient (Wildman–Crippen LogP) is 1.03. The number of aliphatic hydroxyl groups excluding tert-OH is 1. The third-order valence-electron chi connectivity index (χ3n) is 3.13. The van der Waals surface area contributed by atoms with E-state index in [9.17, 15) is 4.79 Å². The molecule has 1 aliphatic rings. The molecule has 0 aromatic rings. The summed E-state index contributed by atoms with van der Waals surface area (Å²) < 4.78 is 4.88. The molecule has 16 heavy (non-hydrogen) atoms. The summed E-state index contributed by atoms with van der Waals surface area (Å²) in [6.45, 7) is 5.69. The highest BCUT2D eigenvalue weighted by Crippen LogP contribution is 2.16. The average molecular weight is 229 g/mol. The maximum absolute atomic E-state index is 11.1. The van der Waals surface area contributed by atoms with Gasteiger partial charge in [-0.2, -0.15) is 0 Å². The van der Waals surface area contributed by atoms with Crippen molar-refractivity contribution in [3.8, 4) is 0 Å². The molecule has 1 aliphatic heterocycles. The number of piperidine rings is 1. The summed E-state index contributed by atoms with van der Waals surface area (Å²) in [4.78, 5) is 13.5. The lowest BCUT2D eigenvalue weighted by atomic mass is 9.98. The van der Waals surface area contributed by atoms with Crippen molar-refractivity contribution < 1.29 is 14.6 Å². The molecule has 0 radical (unpaired) electrons. The fourth-order valence-electron chi connectivity index (χ4n) is 2.07. The normalized spacial score (nSPS) is 18.6. The minimum Gasteiger partial charge on any atom is -0.466 e. The molecule has 0 aromatic carbocycles. The Morgan fingerprint density at radius 1 is 1.44 bits per heavy atom. The van der Waals surface area contributed by atoms with E-state index in [4.69, 9.17) is 9.84 Å². The fourth-order valence-corrected chi connectivity index (χ4v) is 2.07. The van der Waals surface area contributed by atoms with E-state index < -0.39 is 0 Å². The largest absolute Gasteiger partial charge is 0.466 e. The van der Waals surface area contributed by atoms with Crippen LogP contribution in [0.15, 0.2) is 0 Å². The van der Waals surface area contributed by atoms with Crippen molar-refractivity contribution in [2.24, 2.45) is 5.92 Å². The number of nitrogens with zero attached hydrogens (tertiary/aromatic N) is 1. The SMILES string of the molecule is CCOC(=O)CCCN1CCC(CO)CC1. The smallest absolute Gasteiger partial charge is 0.305 e. The van der Waals surface area contributed by atoms with Crippen molar-refractivity contribution in [1.82, 2.24) is 4.90 Å². The molecule has 1 heterocycles. The molecule has 4 heteroatoms. The number of ether oxygens (including phenoxy) is 1. The van der Waals surface area contributed by atoms with Crippen LogP contribution in [0, 0.1) is 5.92 Å². The van der Waals surface area contributed by atoms with Crippen molar-refractivity contribution in [3.05, 3.63) is 0 Å². The monoisotopic (exact) mass is 229 g/mol. The quantitative estimate of drug-likeness (QED) is 0.691. The zero-order valence-electron chi connectivity index (χ0n) is 10.2. The molecule has 0 amide bonds. The third-order valence-corrected chi connectivity index (χ3v) is 3.13. The average Bonchev–Trinajstić information content (AvgIpc) is 2.30. The number of hydrogen-bond donors (Lipinski definition) is 1. The number of aliphatic hydroxyl groups is 1. The second-order valence-electron chi connectivity index (χ2n) is 4.38. The lowest BCUT2D eigenvalue weighted by Gasteiger charge is -2.30. The van der Waals surface area contributed by atoms with E-state index in [1.165, 1.54) is 0 Å². The van der Waals surface area contributed by atoms with Gasteiger partial charge in [-0.3, -0.25) is 4.79 Å². The van der Waals surface area contributed by atoms with Crippen LogP contribution in [0.4, 0.5) is 0 Å². The van der Waals surface area contributed by atoms with Gasteiger partial charge in [0.25, 0.3) is 0 Å². The molecule has 1 fully saturated rings. The van der Waals surface area contributed by atoms with E-state index in [0.717, 1.165) is 38.9 Å². The van der Waals surface area contributed by atoms with Crippen LogP contribution in [0.2, 0.25) is 0 Å². The Morgan fingerprint density at radius 2 is 2.12 bits per heavy atom. The first-order valence-corrected chi connectivity index (χ1v) is 6.25. The summed E-state index contributed by atoms with van der Waals surface area (Å²) in [5, 5.41) is 9.01. The van der Waals surface area contributed by atoms with Gasteiger partial charge in [-0.25, -0.2) is 0 Å². The fraction of sp³-hybridized carbons (Fsp3) is 0.917. The number of carbonyl (C=O) groups is 1. The zero-order valence-corrected chi connectivity index (χ0v) is 10.2. The summed E-state index contributed by atoms with van der Waals surface area (Å²) in [5.41, 5.74) is 0. The van der Waals surface area contributed by atoms with Gasteiger partial charge in [-0.1, -0.05) is 0 Å². The summed E-state index contributed by atoms with van der Waals surface area (Å²) in [6.07, 6.45) is 3.56. The molecule has 0 atom stereocenters. The summed E-state index contributed by atoms with van der Waals surface area (Å²) in [5.74, 6) is 0.397. The highest BCUT2D eigenvalue weighted by atomic mass is 16.5. The van der Waals surface area contributed by atoms with Crippen molar-refractivity contribution >= 4 is 5.97 Å². The van der Waals surface area contributed by atoms with E-state index in [1.807, 2.05) is 6.92 Å². The van der Waals surface area contributed by atoms with Crippen molar-refractivity contribution in [2.45, 2.75) is 32.6 Å². The van der Waals surface area contributed by atoms with Crippen LogP contribution in [0.5, 0.6) is 0 Å². The van der Waals surface area contributed by atoms with E-state index in [1.54, 1.807) is 0 Å². The van der Waals surface area contributed by atoms with Gasteiger partial charge in [0.15, 0.2) is 0 Å². The Hall–Kier alpha value is -0.610. The molecule has 1 saturated heterocycles. The molecule has 1 rings (SSSR count). The number of esters is 1. The Kier molecular flexibility index (Phi) is 6.42. The second kappa shape index (κ2) is 7.63. The molecule has 4 nitrogen and oxygen atoms in total. The molecule has 0 spiro atoms. The minimum absolute atomic E-state index is 0.0901. The molecule has 0 aliphatic carbocycles. The third kappa shape index (κ3) is 4.94. The summed E-state index contributed by atoms with van der Waals surface area (Å²) in [7, 11) is 0. The van der Waals surface area contributed by atoms with Gasteiger partial charge >= 0.3 is 5.97 Å². The van der Waals surface area contributed by atoms with E-state index in [-0.39, 0.29) is 5.97 Å². The van der Waals surface area contributed by atoms with Gasteiger partial charge in [0.1, 0.15) is 0 Å². The predicted molar refractivity (Wildman–Crippen MR) is 62.1 cm³/mol. The van der Waals surface area contributed by atoms with Crippen molar-refractivity contribution in [3.63, 3.8) is 0 Å². The number of carbonyl (C=O) groups excluding carboxylic acids is 1. The van der Waals surface area contributed by atoms with Gasteiger partial charge in [-0.15, -0.1) is 0 Å². The van der Waals surface area contributed by atoms with Gasteiger partial charge in [0.05, 0.1) is 6.61 Å². The summed E-state index contributed by atoms with van der Waals surface area (Å²) in [6, 6.07) is 0. The van der Waals surface area contributed by atoms with Crippen molar-refractivity contribution in [2.75, 3.05) is 32.8 Å². The van der Waals surface area contributed by atoms with Crippen LogP contribution in [0.1, 0.15) is 32.6 Å². The van der Waals surface area contributed by atoms with Crippen LogP contribution in [-0.4, -0.2) is 48.8 Å². The van der Waals surface area contributed by atoms with Gasteiger partial charge in [0.2, 0.25) is 0 Å². The Morgan fingerprint density at radius 3 is 2.69 bits per heavy atom. The molecule has 0 bridgehead atoms. The molecule has 0 aromatic heterocycles. The molecule has 94 valence electrons. The van der Waals surface area contributed by atoms with E-state index in [0.29, 0.717) is 25.6 Å². The van der Waals surface area contributed by atoms with Crippen molar-refractivity contribution in [1.29, 1.82) is 0 Å². The van der Waals surface area contributed by atoms with Gasteiger partial charge < -0.3 is 14.7 Å². The Balaban J connectivity index is 2.04. The van der Waals surface area contributed by atoms with Crippen LogP contribution in [0.25, 0.3) is 0 Å². The van der Waals surface area contributed by atoms with Crippen LogP contribution in [0.3, 0.4) is 0 Å². The Bertz CT molecular complexity index is 200. The first-order valence-electron chi connectivity index (χ1n) is 6.25. The maximum atomic E-state index is 11.1.